The molecule has 3 aromatic carbocycles. The first-order valence-electron chi connectivity index (χ1n) is 11.7. The molecule has 0 aliphatic rings. The van der Waals surface area contributed by atoms with E-state index in [-0.39, 0.29) is 0 Å². The van der Waals surface area contributed by atoms with Crippen LogP contribution in [0, 0.1) is 0 Å². The third kappa shape index (κ3) is 5.58. The summed E-state index contributed by atoms with van der Waals surface area (Å²) < 4.78 is 40.9. The second kappa shape index (κ2) is 12.2. The number of hydrogen-bond acceptors (Lipinski definition) is 6. The zero-order valence-corrected chi connectivity index (χ0v) is 24.8. The van der Waals surface area contributed by atoms with Gasteiger partial charge in [0.1, 0.15) is 23.0 Å². The highest BCUT2D eigenvalue weighted by molar-refractivity contribution is 7.82. The number of nitrogens with one attached hydrogen (secondary N) is 1. The van der Waals surface area contributed by atoms with Gasteiger partial charge in [-0.25, -0.2) is 9.34 Å². The molecule has 0 fully saturated rings. The van der Waals surface area contributed by atoms with Gasteiger partial charge >= 0.3 is 0 Å². The van der Waals surface area contributed by atoms with Crippen LogP contribution in [0.5, 0.6) is 23.0 Å². The highest BCUT2D eigenvalue weighted by Crippen LogP contribution is 2.51. The molecule has 0 spiro atoms. The minimum Gasteiger partial charge on any atom is -0.497 e. The van der Waals surface area contributed by atoms with Crippen LogP contribution in [0.15, 0.2) is 54.6 Å². The Morgan fingerprint density at radius 1 is 0.676 bits per heavy atom. The zero-order valence-electron chi connectivity index (χ0n) is 23.0. The molecule has 3 rings (SSSR count). The fourth-order valence-corrected chi connectivity index (χ4v) is 9.67. The van der Waals surface area contributed by atoms with Crippen LogP contribution < -0.4 is 45.5 Å². The molecule has 200 valence electrons. The van der Waals surface area contributed by atoms with E-state index in [4.69, 9.17) is 18.9 Å². The van der Waals surface area contributed by atoms with Gasteiger partial charge in [-0.1, -0.05) is 0 Å². The Morgan fingerprint density at radius 3 is 1.54 bits per heavy atom. The second-order valence-corrected chi connectivity index (χ2v) is 13.9. The SMILES string of the molecule is CNc1ccc(P(=O)(N(C)C)N(C)C)c(P(c2ccc(OC)cc2OC)c2ccc(OC)cc2OC)c1. The minimum atomic E-state index is -3.13. The maximum absolute atomic E-state index is 14.7. The molecule has 0 bridgehead atoms. The summed E-state index contributed by atoms with van der Waals surface area (Å²) in [6, 6.07) is 17.6. The third-order valence-electron chi connectivity index (χ3n) is 6.16. The first-order valence-corrected chi connectivity index (χ1v) is 14.6. The van der Waals surface area contributed by atoms with Crippen molar-refractivity contribution in [2.75, 3.05) is 69.0 Å². The topological polar surface area (TPSA) is 72.5 Å². The Labute approximate surface area is 221 Å². The molecule has 1 N–H and O–H groups in total. The Hall–Kier alpha value is -2.76. The van der Waals surface area contributed by atoms with E-state index in [9.17, 15) is 4.57 Å². The van der Waals surface area contributed by atoms with E-state index in [0.717, 1.165) is 26.9 Å². The van der Waals surface area contributed by atoms with Crippen LogP contribution >= 0.6 is 15.4 Å². The van der Waals surface area contributed by atoms with Gasteiger partial charge in [0.05, 0.1) is 28.4 Å². The number of rotatable bonds is 11. The van der Waals surface area contributed by atoms with E-state index in [0.29, 0.717) is 23.0 Å². The Bertz CT molecular complexity index is 1220. The van der Waals surface area contributed by atoms with Crippen molar-refractivity contribution in [3.05, 3.63) is 54.6 Å². The van der Waals surface area contributed by atoms with Crippen molar-refractivity contribution in [3.8, 4) is 23.0 Å². The van der Waals surface area contributed by atoms with E-state index in [2.05, 4.69) is 11.4 Å². The molecule has 0 unspecified atom stereocenters. The highest BCUT2D eigenvalue weighted by atomic mass is 31.2. The maximum atomic E-state index is 14.7. The van der Waals surface area contributed by atoms with Gasteiger partial charge in [0.2, 0.25) is 7.44 Å². The first-order chi connectivity index (χ1) is 17.7. The number of benzene rings is 3. The van der Waals surface area contributed by atoms with E-state index in [1.807, 2.05) is 83.8 Å². The lowest BCUT2D eigenvalue weighted by Gasteiger charge is -2.34. The predicted octanol–water partition coefficient (Wildman–Crippen LogP) is 3.46. The molecule has 3 aromatic rings. The largest absolute Gasteiger partial charge is 0.497 e. The van der Waals surface area contributed by atoms with Gasteiger partial charge in [-0.3, -0.25) is 4.57 Å². The zero-order chi connectivity index (χ0) is 27.3. The van der Waals surface area contributed by atoms with Crippen molar-refractivity contribution in [1.82, 2.24) is 9.34 Å². The number of anilines is 1. The third-order valence-corrected chi connectivity index (χ3v) is 12.1. The molecule has 0 amide bonds. The summed E-state index contributed by atoms with van der Waals surface area (Å²) in [7, 11) is 11.4. The Balaban J connectivity index is 2.49. The van der Waals surface area contributed by atoms with Gasteiger partial charge in [-0.05, 0) is 78.6 Å². The van der Waals surface area contributed by atoms with Crippen molar-refractivity contribution >= 4 is 42.3 Å². The molecular weight excluding hydrogens is 508 g/mol. The van der Waals surface area contributed by atoms with Crippen LogP contribution in [0.1, 0.15) is 0 Å². The summed E-state index contributed by atoms with van der Waals surface area (Å²) in [4.78, 5) is 0. The van der Waals surface area contributed by atoms with Crippen LogP contribution in [0.2, 0.25) is 0 Å². The summed E-state index contributed by atoms with van der Waals surface area (Å²) in [5, 5.41) is 6.82. The second-order valence-electron chi connectivity index (χ2n) is 8.60. The molecule has 0 aromatic heterocycles. The van der Waals surface area contributed by atoms with E-state index < -0.39 is 15.4 Å². The molecule has 0 saturated heterocycles. The molecule has 0 heterocycles. The average Bonchev–Trinajstić information content (AvgIpc) is 2.92. The van der Waals surface area contributed by atoms with Gasteiger partial charge < -0.3 is 24.3 Å². The molecule has 0 atom stereocenters. The van der Waals surface area contributed by atoms with Gasteiger partial charge in [-0.15, -0.1) is 0 Å². The Morgan fingerprint density at radius 2 is 1.16 bits per heavy atom. The highest BCUT2D eigenvalue weighted by Gasteiger charge is 2.37. The van der Waals surface area contributed by atoms with Gasteiger partial charge in [-0.2, -0.15) is 0 Å². The lowest BCUT2D eigenvalue weighted by molar-refractivity contribution is 0.396. The van der Waals surface area contributed by atoms with Gasteiger partial charge in [0, 0.05) is 46.1 Å². The summed E-state index contributed by atoms with van der Waals surface area (Å²) in [5.74, 6) is 2.73. The standard InChI is InChI=1S/C27H37N3O5P2/c1-28-19-10-15-27(37(31,29(2)3)30(4)5)26(16-19)36(24-13-11-20(32-6)17-22(24)34-8)25-14-12-21(33-7)18-23(25)35-9/h10-18,28H,1-9H3. The summed E-state index contributed by atoms with van der Waals surface area (Å²) in [6.45, 7) is 0. The van der Waals surface area contributed by atoms with Crippen molar-refractivity contribution in [2.45, 2.75) is 0 Å². The van der Waals surface area contributed by atoms with Crippen molar-refractivity contribution in [2.24, 2.45) is 0 Å². The summed E-state index contributed by atoms with van der Waals surface area (Å²) in [6.07, 6.45) is 0. The number of methoxy groups -OCH3 is 4. The summed E-state index contributed by atoms with van der Waals surface area (Å²) in [5.41, 5.74) is 0.912. The molecule has 0 aliphatic carbocycles. The minimum absolute atomic E-state index is 0.675. The fraction of sp³-hybridized carbons (Fsp3) is 0.333. The van der Waals surface area contributed by atoms with E-state index in [1.54, 1.807) is 37.8 Å². The number of ether oxygens (including phenoxy) is 4. The van der Waals surface area contributed by atoms with Crippen LogP contribution in [-0.2, 0) is 4.57 Å². The molecule has 10 heteroatoms. The number of nitrogens with zero attached hydrogens (tertiary/aromatic N) is 2. The van der Waals surface area contributed by atoms with Gasteiger partial charge in [0.25, 0.3) is 0 Å². The average molecular weight is 546 g/mol. The van der Waals surface area contributed by atoms with E-state index >= 15 is 0 Å². The predicted molar refractivity (Wildman–Crippen MR) is 156 cm³/mol. The molecule has 37 heavy (non-hydrogen) atoms. The van der Waals surface area contributed by atoms with Crippen LogP contribution in [-0.4, -0.2) is 73.0 Å². The normalized spacial score (nSPS) is 11.7. The van der Waals surface area contributed by atoms with Gasteiger partial charge in [0.15, 0.2) is 0 Å². The molecule has 0 aliphatic heterocycles. The van der Waals surface area contributed by atoms with E-state index in [1.165, 1.54) is 0 Å². The van der Waals surface area contributed by atoms with Crippen LogP contribution in [0.3, 0.4) is 0 Å². The van der Waals surface area contributed by atoms with Crippen molar-refractivity contribution in [1.29, 1.82) is 0 Å². The molecular formula is C27H37N3O5P2. The Kier molecular flexibility index (Phi) is 9.49. The maximum Gasteiger partial charge on any atom is 0.245 e. The molecule has 0 radical (unpaired) electrons. The monoisotopic (exact) mass is 545 g/mol. The lowest BCUT2D eigenvalue weighted by Crippen LogP contribution is -2.38. The molecule has 8 nitrogen and oxygen atoms in total. The smallest absolute Gasteiger partial charge is 0.245 e. The van der Waals surface area contributed by atoms with Crippen LogP contribution in [0.25, 0.3) is 0 Å². The quantitative estimate of drug-likeness (QED) is 0.368. The fourth-order valence-electron chi connectivity index (χ4n) is 4.22. The summed E-state index contributed by atoms with van der Waals surface area (Å²) >= 11 is 0. The molecule has 0 saturated carbocycles. The van der Waals surface area contributed by atoms with Crippen LogP contribution in [0.4, 0.5) is 5.69 Å². The van der Waals surface area contributed by atoms with Crippen molar-refractivity contribution in [3.63, 3.8) is 0 Å². The lowest BCUT2D eigenvalue weighted by atomic mass is 10.3. The number of hydrogen-bond donors (Lipinski definition) is 1. The van der Waals surface area contributed by atoms with Crippen molar-refractivity contribution < 1.29 is 23.5 Å². The first kappa shape index (κ1) is 28.8.